The molecule has 0 saturated carbocycles. The van der Waals surface area contributed by atoms with E-state index < -0.39 is 80.7 Å². The minimum Gasteiger partial charge on any atom is -0.504 e. The van der Waals surface area contributed by atoms with Gasteiger partial charge in [-0.2, -0.15) is 8.42 Å². The van der Waals surface area contributed by atoms with Crippen molar-refractivity contribution < 1.29 is 61.4 Å². The number of phenolic OH excluding ortho intramolecular Hbond substituents is 1. The summed E-state index contributed by atoms with van der Waals surface area (Å²) >= 11 is 0. The lowest BCUT2D eigenvalue weighted by molar-refractivity contribution is -0.271. The number of carbonyl (C=O) groups is 1. The number of benzene rings is 2. The number of aliphatic hydroxyl groups excluding tert-OH is 3. The van der Waals surface area contributed by atoms with E-state index in [0.717, 1.165) is 12.1 Å². The van der Waals surface area contributed by atoms with Gasteiger partial charge in [-0.15, -0.1) is 0 Å². The second kappa shape index (κ2) is 9.38. The average molecular weight is 526 g/mol. The van der Waals surface area contributed by atoms with Gasteiger partial charge in [-0.3, -0.25) is 9.35 Å². The van der Waals surface area contributed by atoms with Crippen LogP contribution < -0.4 is 14.3 Å². The van der Waals surface area contributed by atoms with Gasteiger partial charge in [0.25, 0.3) is 0 Å². The molecule has 2 heterocycles. The first kappa shape index (κ1) is 25.4. The van der Waals surface area contributed by atoms with Gasteiger partial charge in [0.1, 0.15) is 35.0 Å². The molecule has 0 unspecified atom stereocenters. The summed E-state index contributed by atoms with van der Waals surface area (Å²) in [6.45, 7) is 0. The molecule has 192 valence electrons. The molecule has 4 rings (SSSR count). The van der Waals surface area contributed by atoms with Gasteiger partial charge in [0.15, 0.2) is 23.0 Å². The van der Waals surface area contributed by atoms with Crippen LogP contribution in [0.2, 0.25) is 0 Å². The molecule has 1 saturated heterocycles. The molecule has 2 aromatic carbocycles. The van der Waals surface area contributed by atoms with E-state index in [9.17, 15) is 48.1 Å². The number of phenols is 1. The predicted molar refractivity (Wildman–Crippen MR) is 117 cm³/mol. The molecule has 0 amide bonds. The number of fused-ring (bicyclic) bond motifs is 1. The van der Waals surface area contributed by atoms with Crippen molar-refractivity contribution in [1.29, 1.82) is 0 Å². The van der Waals surface area contributed by atoms with Crippen LogP contribution >= 0.6 is 0 Å². The van der Waals surface area contributed by atoms with E-state index >= 15 is 0 Å². The lowest BCUT2D eigenvalue weighted by Gasteiger charge is -2.38. The van der Waals surface area contributed by atoms with E-state index in [1.165, 1.54) is 0 Å². The Kier molecular flexibility index (Phi) is 6.61. The number of aromatic hydroxyl groups is 1. The van der Waals surface area contributed by atoms with Gasteiger partial charge in [-0.1, -0.05) is 30.3 Å². The number of carboxylic acids is 1. The van der Waals surface area contributed by atoms with Gasteiger partial charge < -0.3 is 43.6 Å². The van der Waals surface area contributed by atoms with E-state index in [1.807, 2.05) is 0 Å². The lowest BCUT2D eigenvalue weighted by atomic mass is 9.99. The first-order valence-corrected chi connectivity index (χ1v) is 11.4. The second-order valence-corrected chi connectivity index (χ2v) is 8.65. The summed E-state index contributed by atoms with van der Waals surface area (Å²) in [5.74, 6) is -4.72. The summed E-state index contributed by atoms with van der Waals surface area (Å²) in [6, 6.07) is 10.0. The number of aliphatic carboxylic acids is 1. The highest BCUT2D eigenvalue weighted by atomic mass is 32.3. The second-order valence-electron chi connectivity index (χ2n) is 7.63. The summed E-state index contributed by atoms with van der Waals surface area (Å²) in [5, 5.41) is 49.4. The van der Waals surface area contributed by atoms with E-state index in [-0.39, 0.29) is 5.76 Å². The maximum Gasteiger partial charge on any atom is 0.446 e. The normalized spacial score (nSPS) is 24.4. The van der Waals surface area contributed by atoms with Gasteiger partial charge in [-0.05, 0) is 0 Å². The Hall–Kier alpha value is -3.73. The zero-order valence-electron chi connectivity index (χ0n) is 17.8. The van der Waals surface area contributed by atoms with Crippen molar-refractivity contribution in [3.63, 3.8) is 0 Å². The SMILES string of the molecule is O=C(O)[C@H]1O[C@@H](Oc2c(OS(=O)(=O)O)cc3oc(-c4ccccc4)cc(=O)c3c2O)[C@H](O)[C@@H](O)[C@@H]1O. The molecule has 0 aliphatic carbocycles. The summed E-state index contributed by atoms with van der Waals surface area (Å²) in [7, 11) is -5.25. The van der Waals surface area contributed by atoms with E-state index in [2.05, 4.69) is 4.18 Å². The molecule has 14 nitrogen and oxygen atoms in total. The quantitative estimate of drug-likeness (QED) is 0.225. The van der Waals surface area contributed by atoms with Crippen LogP contribution in [0.15, 0.2) is 51.7 Å². The van der Waals surface area contributed by atoms with Crippen LogP contribution in [-0.4, -0.2) is 75.2 Å². The molecule has 1 aromatic heterocycles. The topological polar surface area (TPSA) is 230 Å². The highest BCUT2D eigenvalue weighted by Crippen LogP contribution is 2.44. The zero-order chi connectivity index (χ0) is 26.4. The van der Waals surface area contributed by atoms with Crippen molar-refractivity contribution in [3.8, 4) is 28.6 Å². The number of rotatable bonds is 6. The third-order valence-corrected chi connectivity index (χ3v) is 5.60. The minimum atomic E-state index is -5.25. The largest absolute Gasteiger partial charge is 0.504 e. The number of hydrogen-bond acceptors (Lipinski definition) is 12. The monoisotopic (exact) mass is 526 g/mol. The van der Waals surface area contributed by atoms with E-state index in [0.29, 0.717) is 5.56 Å². The van der Waals surface area contributed by atoms with Gasteiger partial charge in [0, 0.05) is 17.7 Å². The highest BCUT2D eigenvalue weighted by Gasteiger charge is 2.48. The van der Waals surface area contributed by atoms with Gasteiger partial charge in [0.05, 0.1) is 0 Å². The first-order valence-electron chi connectivity index (χ1n) is 10.0. The Morgan fingerprint density at radius 1 is 1.00 bits per heavy atom. The lowest BCUT2D eigenvalue weighted by Crippen LogP contribution is -2.61. The van der Waals surface area contributed by atoms with Crippen LogP contribution in [0.5, 0.6) is 17.2 Å². The van der Waals surface area contributed by atoms with Crippen molar-refractivity contribution >= 4 is 27.3 Å². The molecule has 6 N–H and O–H groups in total. The Morgan fingerprint density at radius 2 is 1.67 bits per heavy atom. The molecular formula is C21H18O14S. The van der Waals surface area contributed by atoms with E-state index in [1.54, 1.807) is 30.3 Å². The molecule has 0 radical (unpaired) electrons. The van der Waals surface area contributed by atoms with E-state index in [4.69, 9.17) is 13.9 Å². The van der Waals surface area contributed by atoms with Crippen LogP contribution in [0.3, 0.4) is 0 Å². The smallest absolute Gasteiger partial charge is 0.446 e. The first-order chi connectivity index (χ1) is 16.9. The zero-order valence-corrected chi connectivity index (χ0v) is 18.6. The van der Waals surface area contributed by atoms with Gasteiger partial charge >= 0.3 is 16.4 Å². The summed E-state index contributed by atoms with van der Waals surface area (Å²) < 4.78 is 52.2. The molecule has 5 atom stereocenters. The molecule has 15 heteroatoms. The number of carboxylic acid groups (broad SMARTS) is 1. The number of aliphatic hydroxyl groups is 3. The Morgan fingerprint density at radius 3 is 2.28 bits per heavy atom. The average Bonchev–Trinajstić information content (AvgIpc) is 2.80. The third kappa shape index (κ3) is 4.83. The summed E-state index contributed by atoms with van der Waals surface area (Å²) in [6.07, 6.45) is -10.5. The number of ether oxygens (including phenoxy) is 2. The van der Waals surface area contributed by atoms with Crippen LogP contribution in [0, 0.1) is 0 Å². The fourth-order valence-electron chi connectivity index (χ4n) is 3.56. The van der Waals surface area contributed by atoms with Crippen molar-refractivity contribution in [2.75, 3.05) is 0 Å². The van der Waals surface area contributed by atoms with Crippen LogP contribution in [0.4, 0.5) is 0 Å². The summed E-state index contributed by atoms with van der Waals surface area (Å²) in [5.41, 5.74) is -0.756. The van der Waals surface area contributed by atoms with Crippen molar-refractivity contribution in [2.24, 2.45) is 0 Å². The molecule has 1 aliphatic rings. The molecule has 0 spiro atoms. The van der Waals surface area contributed by atoms with Gasteiger partial charge in [0.2, 0.25) is 12.0 Å². The molecule has 0 bridgehead atoms. The standard InChI is InChI=1S/C21H18O14S/c22-9-6-10(8-4-2-1-3-5-8)32-11-7-12(35-36(29,30)31)18(14(23)13(9)11)33-21-17(26)15(24)16(25)19(34-21)20(27)28/h1-7,15-17,19,21,23-26H,(H,27,28)(H,29,30,31)/t15-,16-,17+,19-,21+/m0/s1. The number of hydrogen-bond donors (Lipinski definition) is 6. The maximum absolute atomic E-state index is 12.8. The van der Waals surface area contributed by atoms with Crippen molar-refractivity contribution in [3.05, 3.63) is 52.7 Å². The molecule has 3 aromatic rings. The maximum atomic E-state index is 12.8. The third-order valence-electron chi connectivity index (χ3n) is 5.21. The van der Waals surface area contributed by atoms with Crippen LogP contribution in [0.25, 0.3) is 22.3 Å². The fraction of sp³-hybridized carbons (Fsp3) is 0.238. The van der Waals surface area contributed by atoms with Crippen LogP contribution in [0.1, 0.15) is 0 Å². The molecular weight excluding hydrogens is 508 g/mol. The van der Waals surface area contributed by atoms with Crippen molar-refractivity contribution in [2.45, 2.75) is 30.7 Å². The highest BCUT2D eigenvalue weighted by molar-refractivity contribution is 7.81. The fourth-order valence-corrected chi connectivity index (χ4v) is 3.91. The minimum absolute atomic E-state index is 0.0337. The van der Waals surface area contributed by atoms with Crippen LogP contribution in [-0.2, 0) is 19.9 Å². The van der Waals surface area contributed by atoms with Crippen molar-refractivity contribution in [1.82, 2.24) is 0 Å². The molecule has 36 heavy (non-hydrogen) atoms. The molecule has 1 fully saturated rings. The van der Waals surface area contributed by atoms with Gasteiger partial charge in [-0.25, -0.2) is 4.79 Å². The Balaban J connectivity index is 1.86. The molecule has 1 aliphatic heterocycles. The Bertz CT molecular complexity index is 1470. The Labute approximate surface area is 201 Å². The summed E-state index contributed by atoms with van der Waals surface area (Å²) in [4.78, 5) is 24.2. The predicted octanol–water partition coefficient (Wildman–Crippen LogP) is -0.382.